The van der Waals surface area contributed by atoms with Crippen molar-refractivity contribution in [2.24, 2.45) is 0 Å². The molecule has 1 aromatic carbocycles. The lowest BCUT2D eigenvalue weighted by atomic mass is 10.2. The first-order valence-corrected chi connectivity index (χ1v) is 5.51. The van der Waals surface area contributed by atoms with Crippen LogP contribution in [0, 0.1) is 5.82 Å². The Morgan fingerprint density at radius 2 is 2.28 bits per heavy atom. The number of carbonyl (C=O) groups excluding carboxylic acids is 1. The van der Waals surface area contributed by atoms with E-state index in [9.17, 15) is 9.18 Å². The van der Waals surface area contributed by atoms with Crippen LogP contribution in [0.5, 0.6) is 0 Å². The molecule has 0 radical (unpaired) electrons. The highest BCUT2D eigenvalue weighted by molar-refractivity contribution is 6.03. The number of H-pyrrole nitrogens is 1. The number of rotatable bonds is 3. The smallest absolute Gasteiger partial charge is 0.256 e. The fraction of sp³-hybridized carbons (Fsp3) is 0.167. The number of nitrogen functional groups attached to an aromatic ring is 1. The van der Waals surface area contributed by atoms with Gasteiger partial charge < -0.3 is 11.1 Å². The van der Waals surface area contributed by atoms with Gasteiger partial charge in [0.25, 0.3) is 5.91 Å². The van der Waals surface area contributed by atoms with E-state index in [0.717, 1.165) is 18.2 Å². The largest absolute Gasteiger partial charge is 0.396 e. The summed E-state index contributed by atoms with van der Waals surface area (Å²) >= 11 is 0. The lowest BCUT2D eigenvalue weighted by Crippen LogP contribution is -2.12. The summed E-state index contributed by atoms with van der Waals surface area (Å²) < 4.78 is 13.2. The van der Waals surface area contributed by atoms with E-state index in [1.165, 1.54) is 12.1 Å². The average molecular weight is 248 g/mol. The molecule has 18 heavy (non-hydrogen) atoms. The molecule has 6 heteroatoms. The summed E-state index contributed by atoms with van der Waals surface area (Å²) in [7, 11) is 0. The van der Waals surface area contributed by atoms with Gasteiger partial charge in [0.15, 0.2) is 5.82 Å². The van der Waals surface area contributed by atoms with Gasteiger partial charge in [-0.2, -0.15) is 5.10 Å². The molecule has 1 amide bonds. The molecule has 0 spiro atoms. The highest BCUT2D eigenvalue weighted by atomic mass is 19.1. The number of nitrogens with one attached hydrogen (secondary N) is 2. The average Bonchev–Trinajstić information content (AvgIpc) is 2.80. The van der Waals surface area contributed by atoms with Crippen molar-refractivity contribution in [2.45, 2.75) is 13.3 Å². The summed E-state index contributed by atoms with van der Waals surface area (Å²) in [5, 5.41) is 9.26. The number of hydrogen-bond donors (Lipinski definition) is 3. The Kier molecular flexibility index (Phi) is 3.27. The van der Waals surface area contributed by atoms with Crippen LogP contribution in [0.15, 0.2) is 24.3 Å². The molecule has 0 aliphatic carbocycles. The molecule has 1 heterocycles. The quantitative estimate of drug-likeness (QED) is 0.726. The zero-order valence-corrected chi connectivity index (χ0v) is 9.83. The number of halogens is 1. The van der Waals surface area contributed by atoms with Gasteiger partial charge in [-0.1, -0.05) is 6.92 Å². The Bertz CT molecular complexity index is 579. The molecule has 2 aromatic rings. The second kappa shape index (κ2) is 4.87. The van der Waals surface area contributed by atoms with Gasteiger partial charge in [-0.15, -0.1) is 0 Å². The lowest BCUT2D eigenvalue weighted by Gasteiger charge is -2.03. The molecule has 94 valence electrons. The van der Waals surface area contributed by atoms with E-state index in [1.54, 1.807) is 6.07 Å². The third-order valence-electron chi connectivity index (χ3n) is 2.52. The minimum atomic E-state index is -0.612. The number of aryl methyl sites for hydroxylation is 1. The second-order valence-electron chi connectivity index (χ2n) is 3.82. The highest BCUT2D eigenvalue weighted by Gasteiger charge is 2.10. The van der Waals surface area contributed by atoms with Crippen molar-refractivity contribution >= 4 is 17.4 Å². The monoisotopic (exact) mass is 248 g/mol. The minimum Gasteiger partial charge on any atom is -0.396 e. The maximum absolute atomic E-state index is 13.2. The van der Waals surface area contributed by atoms with Gasteiger partial charge in [0.05, 0.1) is 5.69 Å². The predicted octanol–water partition coefficient (Wildman–Crippen LogP) is 1.95. The summed E-state index contributed by atoms with van der Waals surface area (Å²) in [5.74, 6) is -0.629. The van der Waals surface area contributed by atoms with E-state index in [2.05, 4.69) is 15.5 Å². The molecule has 0 aliphatic heterocycles. The highest BCUT2D eigenvalue weighted by Crippen LogP contribution is 2.14. The van der Waals surface area contributed by atoms with Gasteiger partial charge >= 0.3 is 0 Å². The fourth-order valence-electron chi connectivity index (χ4n) is 1.46. The molecular formula is C12H13FN4O. The molecule has 0 saturated heterocycles. The standard InChI is InChI=1S/C12H13FN4O/c1-2-8-6-11(17-16-8)15-12(18)7-3-4-10(14)9(13)5-7/h3-6H,2,14H2,1H3,(H2,15,16,17,18). The Hall–Kier alpha value is -2.37. The number of nitrogens with zero attached hydrogens (tertiary/aromatic N) is 1. The first-order chi connectivity index (χ1) is 8.60. The van der Waals surface area contributed by atoms with Crippen molar-refractivity contribution < 1.29 is 9.18 Å². The van der Waals surface area contributed by atoms with Crippen molar-refractivity contribution in [3.63, 3.8) is 0 Å². The number of anilines is 2. The summed E-state index contributed by atoms with van der Waals surface area (Å²) in [6, 6.07) is 5.64. The van der Waals surface area contributed by atoms with Crippen LogP contribution in [0.2, 0.25) is 0 Å². The number of aromatic nitrogens is 2. The summed E-state index contributed by atoms with van der Waals surface area (Å²) in [6.07, 6.45) is 0.791. The first kappa shape index (κ1) is 12.1. The molecule has 0 bridgehead atoms. The normalized spacial score (nSPS) is 10.3. The van der Waals surface area contributed by atoms with E-state index in [1.807, 2.05) is 6.92 Å². The van der Waals surface area contributed by atoms with Crippen molar-refractivity contribution in [1.29, 1.82) is 0 Å². The van der Waals surface area contributed by atoms with Crippen LogP contribution in [0.3, 0.4) is 0 Å². The molecule has 2 rings (SSSR count). The van der Waals surface area contributed by atoms with Crippen LogP contribution in [-0.4, -0.2) is 16.1 Å². The van der Waals surface area contributed by atoms with Crippen LogP contribution < -0.4 is 11.1 Å². The molecule has 0 aliphatic rings. The predicted molar refractivity (Wildman–Crippen MR) is 66.7 cm³/mol. The lowest BCUT2D eigenvalue weighted by molar-refractivity contribution is 0.102. The van der Waals surface area contributed by atoms with Gasteiger partial charge in [-0.25, -0.2) is 4.39 Å². The molecule has 0 saturated carbocycles. The summed E-state index contributed by atoms with van der Waals surface area (Å²) in [6.45, 7) is 1.97. The van der Waals surface area contributed by atoms with Gasteiger partial charge in [0.2, 0.25) is 0 Å². The van der Waals surface area contributed by atoms with E-state index < -0.39 is 11.7 Å². The topological polar surface area (TPSA) is 83.8 Å². The zero-order valence-electron chi connectivity index (χ0n) is 9.83. The Balaban J connectivity index is 2.14. The van der Waals surface area contributed by atoms with Gasteiger partial charge in [0, 0.05) is 17.3 Å². The number of aromatic amines is 1. The maximum atomic E-state index is 13.2. The molecule has 0 atom stereocenters. The number of nitrogens with two attached hydrogens (primary N) is 1. The number of benzene rings is 1. The third kappa shape index (κ3) is 2.48. The van der Waals surface area contributed by atoms with Crippen molar-refractivity contribution in [2.75, 3.05) is 11.1 Å². The van der Waals surface area contributed by atoms with Crippen molar-refractivity contribution in [1.82, 2.24) is 10.2 Å². The van der Waals surface area contributed by atoms with Crippen molar-refractivity contribution in [3.05, 3.63) is 41.3 Å². The third-order valence-corrected chi connectivity index (χ3v) is 2.52. The van der Waals surface area contributed by atoms with Crippen molar-refractivity contribution in [3.8, 4) is 0 Å². The maximum Gasteiger partial charge on any atom is 0.256 e. The van der Waals surface area contributed by atoms with Crippen LogP contribution in [0.4, 0.5) is 15.9 Å². The number of carbonyl (C=O) groups is 1. The minimum absolute atomic E-state index is 0.0135. The van der Waals surface area contributed by atoms with Gasteiger partial charge in [-0.3, -0.25) is 9.89 Å². The summed E-state index contributed by atoms with van der Waals surface area (Å²) in [4.78, 5) is 11.8. The molecule has 4 N–H and O–H groups in total. The van der Waals surface area contributed by atoms with Gasteiger partial charge in [-0.05, 0) is 24.6 Å². The summed E-state index contributed by atoms with van der Waals surface area (Å²) in [5.41, 5.74) is 6.46. The van der Waals surface area contributed by atoms with Crippen LogP contribution in [0.1, 0.15) is 23.0 Å². The van der Waals surface area contributed by atoms with E-state index in [4.69, 9.17) is 5.73 Å². The number of amides is 1. The molecule has 1 aromatic heterocycles. The SMILES string of the molecule is CCc1cc(NC(=O)c2ccc(N)c(F)c2)n[nH]1. The van der Waals surface area contributed by atoms with Crippen LogP contribution >= 0.6 is 0 Å². The Morgan fingerprint density at radius 1 is 1.50 bits per heavy atom. The zero-order chi connectivity index (χ0) is 13.1. The Labute approximate surface area is 103 Å². The van der Waals surface area contributed by atoms with Crippen LogP contribution in [-0.2, 0) is 6.42 Å². The fourth-order valence-corrected chi connectivity index (χ4v) is 1.46. The Morgan fingerprint density at radius 3 is 2.89 bits per heavy atom. The molecular weight excluding hydrogens is 235 g/mol. The number of hydrogen-bond acceptors (Lipinski definition) is 3. The second-order valence-corrected chi connectivity index (χ2v) is 3.82. The van der Waals surface area contributed by atoms with Crippen LogP contribution in [0.25, 0.3) is 0 Å². The van der Waals surface area contributed by atoms with E-state index >= 15 is 0 Å². The van der Waals surface area contributed by atoms with Gasteiger partial charge in [0.1, 0.15) is 5.82 Å². The molecule has 0 fully saturated rings. The van der Waals surface area contributed by atoms with E-state index in [0.29, 0.717) is 5.82 Å². The molecule has 0 unspecified atom stereocenters. The van der Waals surface area contributed by atoms with E-state index in [-0.39, 0.29) is 11.3 Å². The first-order valence-electron chi connectivity index (χ1n) is 5.51. The molecule has 5 nitrogen and oxygen atoms in total.